The number of pyridine rings is 1. The first kappa shape index (κ1) is 32.8. The van der Waals surface area contributed by atoms with Gasteiger partial charge in [0, 0.05) is 49.6 Å². The van der Waals surface area contributed by atoms with Gasteiger partial charge in [0.1, 0.15) is 5.82 Å². The maximum absolute atomic E-state index is 13.0. The number of hydrogen-bond donors (Lipinski definition) is 2. The van der Waals surface area contributed by atoms with Crippen LogP contribution in [0.15, 0.2) is 65.8 Å². The molecule has 2 N–H and O–H groups in total. The van der Waals surface area contributed by atoms with Gasteiger partial charge in [-0.05, 0) is 55.8 Å². The zero-order valence-corrected chi connectivity index (χ0v) is 24.9. The average Bonchev–Trinajstić information content (AvgIpc) is 2.88. The monoisotopic (exact) mass is 626 g/mol. The smallest absolute Gasteiger partial charge is 0.336 e. The second kappa shape index (κ2) is 13.3. The van der Waals surface area contributed by atoms with Crippen LogP contribution in [0.1, 0.15) is 21.5 Å². The van der Waals surface area contributed by atoms with Gasteiger partial charge in [-0.2, -0.15) is 0 Å². The van der Waals surface area contributed by atoms with Crippen LogP contribution in [0, 0.1) is 13.8 Å². The summed E-state index contributed by atoms with van der Waals surface area (Å²) < 4.78 is 28.6. The van der Waals surface area contributed by atoms with Gasteiger partial charge in [0.25, 0.3) is 10.0 Å². The minimum absolute atomic E-state index is 0. The van der Waals surface area contributed by atoms with Gasteiger partial charge in [-0.3, -0.25) is 4.72 Å². The third-order valence-electron chi connectivity index (χ3n) is 6.34. The predicted octanol–water partition coefficient (Wildman–Crippen LogP) is 4.73. The standard InChI is InChI=1S/C26H26N6O4S.3ClH/c1-17-4-7-23(18(2)14-17)37(35,36)30-19-5-6-22-20(15-19)21(25(33)34)16-24(29-22)31-10-12-32(13-11-31)26-27-8-3-9-28-26;;;/h3-9,14-16,30H,10-13H2,1-2H3,(H,33,34);3*1H. The quantitative estimate of drug-likeness (QED) is 0.312. The highest BCUT2D eigenvalue weighted by Gasteiger charge is 2.23. The SMILES string of the molecule is Cc1ccc(S(=O)(=O)Nc2ccc3nc(N4CCN(c5ncccn5)CC4)cc(C(=O)O)c3c2)c(C)c1.Cl.Cl.Cl. The lowest BCUT2D eigenvalue weighted by molar-refractivity contribution is 0.0699. The number of nitrogens with zero attached hydrogens (tertiary/aromatic N) is 5. The molecule has 0 unspecified atom stereocenters. The Morgan fingerprint density at radius 1 is 0.900 bits per heavy atom. The van der Waals surface area contributed by atoms with Crippen molar-refractivity contribution < 1.29 is 18.3 Å². The Bertz CT molecular complexity index is 1600. The lowest BCUT2D eigenvalue weighted by Gasteiger charge is -2.35. The first-order valence-electron chi connectivity index (χ1n) is 11.8. The van der Waals surface area contributed by atoms with Crippen molar-refractivity contribution in [1.82, 2.24) is 15.0 Å². The van der Waals surface area contributed by atoms with Crippen LogP contribution in [0.4, 0.5) is 17.5 Å². The molecule has 10 nitrogen and oxygen atoms in total. The molecule has 5 rings (SSSR count). The fourth-order valence-corrected chi connectivity index (χ4v) is 5.79. The molecule has 1 aliphatic heterocycles. The summed E-state index contributed by atoms with van der Waals surface area (Å²) in [4.78, 5) is 29.7. The van der Waals surface area contributed by atoms with Crippen molar-refractivity contribution in [2.45, 2.75) is 18.7 Å². The number of benzene rings is 2. The Balaban J connectivity index is 0.00000187. The lowest BCUT2D eigenvalue weighted by Crippen LogP contribution is -2.47. The van der Waals surface area contributed by atoms with Crippen LogP contribution in [0.25, 0.3) is 10.9 Å². The molecule has 0 atom stereocenters. The number of rotatable bonds is 6. The number of aryl methyl sites for hydroxylation is 2. The number of carboxylic acid groups (broad SMARTS) is 1. The zero-order valence-electron chi connectivity index (χ0n) is 21.6. The Hall–Kier alpha value is -3.38. The second-order valence-corrected chi connectivity index (χ2v) is 10.6. The number of carboxylic acids is 1. The van der Waals surface area contributed by atoms with Crippen molar-refractivity contribution in [3.05, 3.63) is 77.6 Å². The molecule has 0 aliphatic carbocycles. The molecule has 1 aliphatic rings. The number of nitrogens with one attached hydrogen (secondary N) is 1. The van der Waals surface area contributed by atoms with Crippen LogP contribution in [-0.4, -0.2) is 60.6 Å². The minimum Gasteiger partial charge on any atom is -0.478 e. The van der Waals surface area contributed by atoms with E-state index in [4.69, 9.17) is 4.98 Å². The fraction of sp³-hybridized carbons (Fsp3) is 0.231. The average molecular weight is 628 g/mol. The third-order valence-corrected chi connectivity index (χ3v) is 7.88. The molecular formula is C26H29Cl3N6O4S. The summed E-state index contributed by atoms with van der Waals surface area (Å²) in [5.74, 6) is 0.108. The summed E-state index contributed by atoms with van der Waals surface area (Å²) in [6.45, 7) is 6.23. The molecule has 0 saturated carbocycles. The molecule has 4 aromatic rings. The highest BCUT2D eigenvalue weighted by Crippen LogP contribution is 2.28. The molecule has 2 aromatic heterocycles. The first-order valence-corrected chi connectivity index (χ1v) is 13.2. The van der Waals surface area contributed by atoms with E-state index in [2.05, 4.69) is 19.6 Å². The van der Waals surface area contributed by atoms with Gasteiger partial charge in [-0.15, -0.1) is 37.2 Å². The first-order chi connectivity index (χ1) is 17.7. The van der Waals surface area contributed by atoms with E-state index in [1.54, 1.807) is 61.8 Å². The van der Waals surface area contributed by atoms with Gasteiger partial charge in [-0.25, -0.2) is 28.2 Å². The van der Waals surface area contributed by atoms with Gasteiger partial charge in [-0.1, -0.05) is 17.7 Å². The molecule has 0 amide bonds. The molecule has 3 heterocycles. The largest absolute Gasteiger partial charge is 0.478 e. The van der Waals surface area contributed by atoms with E-state index in [1.165, 1.54) is 6.07 Å². The molecule has 214 valence electrons. The zero-order chi connectivity index (χ0) is 26.2. The summed E-state index contributed by atoms with van der Waals surface area (Å²) in [5.41, 5.74) is 2.38. The summed E-state index contributed by atoms with van der Waals surface area (Å²) >= 11 is 0. The van der Waals surface area contributed by atoms with Crippen LogP contribution in [-0.2, 0) is 10.0 Å². The van der Waals surface area contributed by atoms with E-state index in [1.807, 2.05) is 11.8 Å². The second-order valence-electron chi connectivity index (χ2n) is 8.96. The van der Waals surface area contributed by atoms with Gasteiger partial charge in [0.15, 0.2) is 0 Å². The number of piperazine rings is 1. The highest BCUT2D eigenvalue weighted by molar-refractivity contribution is 7.92. The molecule has 0 spiro atoms. The van der Waals surface area contributed by atoms with E-state index in [-0.39, 0.29) is 53.4 Å². The number of carbonyl (C=O) groups is 1. The van der Waals surface area contributed by atoms with Crippen LogP contribution in [0.5, 0.6) is 0 Å². The lowest BCUT2D eigenvalue weighted by atomic mass is 10.1. The van der Waals surface area contributed by atoms with Gasteiger partial charge in [0.05, 0.1) is 16.0 Å². The van der Waals surface area contributed by atoms with E-state index in [0.717, 1.165) is 5.56 Å². The number of fused-ring (bicyclic) bond motifs is 1. The summed E-state index contributed by atoms with van der Waals surface area (Å²) in [7, 11) is -3.86. The van der Waals surface area contributed by atoms with Crippen LogP contribution in [0.2, 0.25) is 0 Å². The van der Waals surface area contributed by atoms with E-state index < -0.39 is 16.0 Å². The fourth-order valence-electron chi connectivity index (χ4n) is 4.52. The van der Waals surface area contributed by atoms with E-state index >= 15 is 0 Å². The van der Waals surface area contributed by atoms with Crippen molar-refractivity contribution in [2.24, 2.45) is 0 Å². The van der Waals surface area contributed by atoms with Crippen molar-refractivity contribution in [1.29, 1.82) is 0 Å². The normalized spacial score (nSPS) is 13.1. The van der Waals surface area contributed by atoms with Crippen molar-refractivity contribution in [3.8, 4) is 0 Å². The number of sulfonamides is 1. The highest BCUT2D eigenvalue weighted by atomic mass is 35.5. The number of halogens is 3. The number of aromatic carboxylic acids is 1. The molecule has 0 radical (unpaired) electrons. The van der Waals surface area contributed by atoms with Crippen LogP contribution < -0.4 is 14.5 Å². The maximum Gasteiger partial charge on any atom is 0.336 e. The molecule has 2 aromatic carbocycles. The summed E-state index contributed by atoms with van der Waals surface area (Å²) in [5, 5.41) is 10.3. The van der Waals surface area contributed by atoms with Gasteiger partial charge < -0.3 is 14.9 Å². The number of aromatic nitrogens is 3. The molecule has 14 heteroatoms. The summed E-state index contributed by atoms with van der Waals surface area (Å²) in [6.07, 6.45) is 3.41. The van der Waals surface area contributed by atoms with Crippen LogP contribution >= 0.6 is 37.2 Å². The van der Waals surface area contributed by atoms with Crippen molar-refractivity contribution in [3.63, 3.8) is 0 Å². The van der Waals surface area contributed by atoms with E-state index in [0.29, 0.717) is 54.4 Å². The Morgan fingerprint density at radius 2 is 1.55 bits per heavy atom. The van der Waals surface area contributed by atoms with Gasteiger partial charge >= 0.3 is 5.97 Å². The number of anilines is 3. The third kappa shape index (κ3) is 6.84. The van der Waals surface area contributed by atoms with Crippen molar-refractivity contribution in [2.75, 3.05) is 40.7 Å². The van der Waals surface area contributed by atoms with Crippen molar-refractivity contribution >= 4 is 81.6 Å². The topological polar surface area (TPSA) is 129 Å². The Kier molecular flexibility index (Phi) is 10.9. The predicted molar refractivity (Wildman–Crippen MR) is 164 cm³/mol. The Labute approximate surface area is 251 Å². The van der Waals surface area contributed by atoms with Crippen LogP contribution in [0.3, 0.4) is 0 Å². The summed E-state index contributed by atoms with van der Waals surface area (Å²) in [6, 6.07) is 13.2. The molecule has 1 saturated heterocycles. The molecular weight excluding hydrogens is 599 g/mol. The maximum atomic E-state index is 13.0. The molecule has 40 heavy (non-hydrogen) atoms. The Morgan fingerprint density at radius 3 is 2.17 bits per heavy atom. The van der Waals surface area contributed by atoms with E-state index in [9.17, 15) is 18.3 Å². The minimum atomic E-state index is -3.86. The molecule has 1 fully saturated rings. The molecule has 0 bridgehead atoms. The van der Waals surface area contributed by atoms with Gasteiger partial charge in [0.2, 0.25) is 5.95 Å². The number of hydrogen-bond acceptors (Lipinski definition) is 8.